The molecule has 2 aliphatic rings. The predicted molar refractivity (Wildman–Crippen MR) is 131 cm³/mol. The molecule has 15 heteroatoms. The summed E-state index contributed by atoms with van der Waals surface area (Å²) in [6.45, 7) is 4.75. The highest BCUT2D eigenvalue weighted by atomic mass is 79.9. The smallest absolute Gasteiger partial charge is 0.459 e. The summed E-state index contributed by atoms with van der Waals surface area (Å²) in [5.74, 6) is -0.522. The van der Waals surface area contributed by atoms with Gasteiger partial charge in [0.1, 0.15) is 24.0 Å². The molecule has 0 bridgehead atoms. The van der Waals surface area contributed by atoms with E-state index in [0.717, 1.165) is 10.6 Å². The van der Waals surface area contributed by atoms with Crippen molar-refractivity contribution in [2.24, 2.45) is 0 Å². The van der Waals surface area contributed by atoms with Gasteiger partial charge in [-0.05, 0) is 32.9 Å². The number of aromatic nitrogens is 2. The van der Waals surface area contributed by atoms with Crippen molar-refractivity contribution in [3.63, 3.8) is 0 Å². The van der Waals surface area contributed by atoms with Crippen molar-refractivity contribution in [1.82, 2.24) is 14.6 Å². The molecule has 2 heterocycles. The quantitative estimate of drug-likeness (QED) is 0.218. The summed E-state index contributed by atoms with van der Waals surface area (Å²) in [7, 11) is -4.34. The second-order valence-corrected chi connectivity index (χ2v) is 12.6. The maximum atomic E-state index is 13.8. The summed E-state index contributed by atoms with van der Waals surface area (Å²) in [4.78, 5) is 38.0. The van der Waals surface area contributed by atoms with E-state index in [9.17, 15) is 24.1 Å². The largest absolute Gasteiger partial charge is 0.462 e. The number of esters is 1. The van der Waals surface area contributed by atoms with Crippen molar-refractivity contribution in [2.75, 3.05) is 0 Å². The lowest BCUT2D eigenvalue weighted by Gasteiger charge is -2.31. The first-order valence-corrected chi connectivity index (χ1v) is 13.6. The third kappa shape index (κ3) is 4.93. The van der Waals surface area contributed by atoms with E-state index in [2.05, 4.69) is 26.0 Å². The Hall–Kier alpha value is -1.99. The Morgan fingerprint density at radius 1 is 1.28 bits per heavy atom. The number of carbonyl (C=O) groups is 1. The van der Waals surface area contributed by atoms with Gasteiger partial charge in [-0.25, -0.2) is 9.36 Å². The third-order valence-corrected chi connectivity index (χ3v) is 8.71. The monoisotopic (exact) mass is 607 g/mol. The first-order chi connectivity index (χ1) is 16.8. The van der Waals surface area contributed by atoms with E-state index in [1.807, 2.05) is 0 Å². The molecule has 12 nitrogen and oxygen atoms in total. The molecule has 1 aromatic heterocycles. The Bertz CT molecular complexity index is 1300. The van der Waals surface area contributed by atoms with Gasteiger partial charge in [0, 0.05) is 12.3 Å². The minimum absolute atomic E-state index is 0.171. The number of para-hydroxylation sites is 1. The summed E-state index contributed by atoms with van der Waals surface area (Å²) in [5.41, 5.74) is -3.39. The number of aromatic amines is 1. The van der Waals surface area contributed by atoms with Crippen molar-refractivity contribution in [1.29, 1.82) is 0 Å². The number of alkyl halides is 2. The molecule has 1 aliphatic heterocycles. The van der Waals surface area contributed by atoms with Crippen molar-refractivity contribution in [3.8, 4) is 5.75 Å². The predicted octanol–water partition coefficient (Wildman–Crippen LogP) is 2.01. The molecular formula is C21H24BrClN3O9P. The lowest BCUT2D eigenvalue weighted by molar-refractivity contribution is -0.149. The van der Waals surface area contributed by atoms with E-state index in [1.165, 1.54) is 25.3 Å². The number of aliphatic hydroxyl groups is 1. The van der Waals surface area contributed by atoms with E-state index in [0.29, 0.717) is 0 Å². The topological polar surface area (TPSA) is 158 Å². The van der Waals surface area contributed by atoms with Crippen LogP contribution in [0.15, 0.2) is 52.2 Å². The average molecular weight is 609 g/mol. The fourth-order valence-corrected chi connectivity index (χ4v) is 6.61. The Labute approximate surface area is 218 Å². The van der Waals surface area contributed by atoms with Crippen LogP contribution in [0.3, 0.4) is 0 Å². The van der Waals surface area contributed by atoms with E-state index in [-0.39, 0.29) is 5.75 Å². The van der Waals surface area contributed by atoms with Crippen LogP contribution in [0.25, 0.3) is 0 Å². The van der Waals surface area contributed by atoms with Crippen molar-refractivity contribution in [2.45, 2.75) is 60.7 Å². The summed E-state index contributed by atoms with van der Waals surface area (Å²) < 4.78 is 35.2. The van der Waals surface area contributed by atoms with Crippen LogP contribution in [-0.2, 0) is 23.4 Å². The number of benzene rings is 1. The van der Waals surface area contributed by atoms with Gasteiger partial charge in [0.05, 0.1) is 6.10 Å². The summed E-state index contributed by atoms with van der Waals surface area (Å²) in [5, 5.41) is 13.8. The van der Waals surface area contributed by atoms with Crippen LogP contribution in [0.2, 0.25) is 0 Å². The molecule has 0 amide bonds. The van der Waals surface area contributed by atoms with Crippen LogP contribution in [0, 0.1) is 0 Å². The molecule has 36 heavy (non-hydrogen) atoms. The minimum atomic E-state index is -4.34. The number of halogens is 2. The van der Waals surface area contributed by atoms with E-state index >= 15 is 0 Å². The third-order valence-electron chi connectivity index (χ3n) is 5.54. The Morgan fingerprint density at radius 2 is 1.94 bits per heavy atom. The molecular weight excluding hydrogens is 585 g/mol. The normalized spacial score (nSPS) is 31.4. The van der Waals surface area contributed by atoms with Gasteiger partial charge in [0.2, 0.25) is 0 Å². The summed E-state index contributed by atoms with van der Waals surface area (Å²) in [6, 6.07) is 8.07. The van der Waals surface area contributed by atoms with Crippen molar-refractivity contribution >= 4 is 41.2 Å². The van der Waals surface area contributed by atoms with Crippen LogP contribution in [0.4, 0.5) is 0 Å². The molecule has 2 aromatic rings. The highest BCUT2D eigenvalue weighted by Gasteiger charge is 2.85. The molecule has 1 aromatic carbocycles. The number of hydrogen-bond donors (Lipinski definition) is 3. The summed E-state index contributed by atoms with van der Waals surface area (Å²) >= 11 is 9.81. The average Bonchev–Trinajstić information content (AvgIpc) is 3.27. The number of H-pyrrole nitrogens is 1. The first-order valence-electron chi connectivity index (χ1n) is 10.9. The zero-order valence-electron chi connectivity index (χ0n) is 19.3. The maximum Gasteiger partial charge on any atom is 0.459 e. The van der Waals surface area contributed by atoms with Gasteiger partial charge in [-0.15, -0.1) is 0 Å². The van der Waals surface area contributed by atoms with Gasteiger partial charge in [0.25, 0.3) is 5.56 Å². The van der Waals surface area contributed by atoms with Gasteiger partial charge in [0.15, 0.2) is 15.6 Å². The molecule has 7 atom stereocenters. The molecule has 4 rings (SSSR count). The first kappa shape index (κ1) is 27.1. The maximum absolute atomic E-state index is 13.8. The minimum Gasteiger partial charge on any atom is -0.462 e. The van der Waals surface area contributed by atoms with Crippen LogP contribution in [0.1, 0.15) is 27.0 Å². The number of fused-ring (bicyclic) bond motifs is 1. The molecule has 0 radical (unpaired) electrons. The lowest BCUT2D eigenvalue weighted by Crippen LogP contribution is -2.46. The zero-order valence-corrected chi connectivity index (χ0v) is 22.5. The SMILES string of the molecule is CC(C)OC(=O)[C@@H](C)NP(=O)(Oc1ccccc1)OC1[C@H]2O[C@@H](n3ccc(=O)[nH]c3=O)[C@](Cl)(Br)[C@@]12O. The Kier molecular flexibility index (Phi) is 7.30. The molecule has 0 spiro atoms. The fraction of sp³-hybridized carbons (Fsp3) is 0.476. The molecule has 2 unspecified atom stereocenters. The second kappa shape index (κ2) is 9.71. The Balaban J connectivity index is 1.57. The van der Waals surface area contributed by atoms with Crippen molar-refractivity contribution < 1.29 is 33.0 Å². The van der Waals surface area contributed by atoms with Gasteiger partial charge < -0.3 is 19.1 Å². The number of rotatable bonds is 9. The molecule has 1 saturated heterocycles. The van der Waals surface area contributed by atoms with Gasteiger partial charge in [-0.1, -0.05) is 45.7 Å². The van der Waals surface area contributed by atoms with Crippen LogP contribution in [-0.4, -0.2) is 54.4 Å². The Morgan fingerprint density at radius 3 is 2.50 bits per heavy atom. The van der Waals surface area contributed by atoms with E-state index in [4.69, 9.17) is 30.1 Å². The van der Waals surface area contributed by atoms with Crippen LogP contribution >= 0.6 is 35.3 Å². The highest BCUT2D eigenvalue weighted by molar-refractivity contribution is 9.10. The number of carbonyl (C=O) groups excluding carboxylic acids is 1. The van der Waals surface area contributed by atoms with Crippen molar-refractivity contribution in [3.05, 3.63) is 63.4 Å². The molecule has 196 valence electrons. The molecule has 2 fully saturated rings. The lowest BCUT2D eigenvalue weighted by atomic mass is 10.2. The molecule has 3 N–H and O–H groups in total. The summed E-state index contributed by atoms with van der Waals surface area (Å²) in [6.07, 6.45) is -2.90. The zero-order chi connectivity index (χ0) is 26.5. The van der Waals surface area contributed by atoms with E-state index < -0.39 is 64.9 Å². The van der Waals surface area contributed by atoms with Crippen LogP contribution in [0.5, 0.6) is 5.75 Å². The standard InChI is InChI=1S/C21H24BrClN3O9P/c1-11(2)32-17(28)12(3)25-36(31,34-13-7-5-4-6-8-13)35-16-15-20(16,30)21(22,23)18(33-15)26-10-9-14(27)24-19(26)29/h4-12,15-16,18,30H,1-3H3,(H,25,31)(H,24,27,29)/t12-,15-,16?,18-,20+,21-,36?/m1/s1. The van der Waals surface area contributed by atoms with E-state index in [1.54, 1.807) is 32.0 Å². The molecule has 1 saturated carbocycles. The number of hydrogen-bond acceptors (Lipinski definition) is 9. The number of nitrogens with one attached hydrogen (secondary N) is 2. The second-order valence-electron chi connectivity index (χ2n) is 8.64. The van der Waals surface area contributed by atoms with Gasteiger partial charge >= 0.3 is 19.4 Å². The van der Waals surface area contributed by atoms with Gasteiger partial charge in [-0.2, -0.15) is 5.09 Å². The highest BCUT2D eigenvalue weighted by Crippen LogP contribution is 2.69. The number of ether oxygens (including phenoxy) is 2. The number of nitrogens with zero attached hydrogens (tertiary/aromatic N) is 1. The molecule has 1 aliphatic carbocycles. The van der Waals surface area contributed by atoms with Gasteiger partial charge in [-0.3, -0.25) is 23.7 Å². The fourth-order valence-electron chi connectivity index (χ4n) is 3.75. The van der Waals surface area contributed by atoms with Crippen LogP contribution < -0.4 is 20.9 Å².